The van der Waals surface area contributed by atoms with Crippen LogP contribution >= 0.6 is 0 Å². The van der Waals surface area contributed by atoms with Crippen LogP contribution in [0.15, 0.2) is 17.1 Å². The van der Waals surface area contributed by atoms with E-state index >= 15 is 0 Å². The lowest BCUT2D eigenvalue weighted by Crippen LogP contribution is -2.35. The molecule has 0 unspecified atom stereocenters. The summed E-state index contributed by atoms with van der Waals surface area (Å²) in [6.07, 6.45) is -5.69. The fraction of sp³-hybridized carbons (Fsp3) is 0.375. The number of aromatic nitrogens is 1. The van der Waals surface area contributed by atoms with Gasteiger partial charge in [0.1, 0.15) is 0 Å². The molecule has 100 valence electrons. The standard InChI is InChI=1S/C8H5F5N2O3/c1-14-3-4(7(9,10)8(11,12)13)2-5(6(14)16)15(17)18/h2-3H,1H3. The zero-order valence-corrected chi connectivity index (χ0v) is 8.66. The predicted octanol–water partition coefficient (Wildman–Crippen LogP) is 1.95. The van der Waals surface area contributed by atoms with Gasteiger partial charge in [0.25, 0.3) is 0 Å². The first-order valence-electron chi connectivity index (χ1n) is 4.28. The molecule has 0 atom stereocenters. The number of pyridine rings is 1. The molecule has 0 N–H and O–H groups in total. The summed E-state index contributed by atoms with van der Waals surface area (Å²) in [6.45, 7) is 0. The highest BCUT2D eigenvalue weighted by Gasteiger charge is 2.59. The van der Waals surface area contributed by atoms with Crippen LogP contribution in [0.3, 0.4) is 0 Å². The van der Waals surface area contributed by atoms with E-state index in [1.54, 1.807) is 0 Å². The van der Waals surface area contributed by atoms with Crippen molar-refractivity contribution in [3.8, 4) is 0 Å². The number of nitrogens with zero attached hydrogens (tertiary/aromatic N) is 2. The van der Waals surface area contributed by atoms with Gasteiger partial charge in [-0.2, -0.15) is 22.0 Å². The van der Waals surface area contributed by atoms with E-state index in [0.717, 1.165) is 7.05 Å². The van der Waals surface area contributed by atoms with Crippen molar-refractivity contribution in [2.24, 2.45) is 7.05 Å². The van der Waals surface area contributed by atoms with E-state index in [9.17, 15) is 36.9 Å². The summed E-state index contributed by atoms with van der Waals surface area (Å²) in [5, 5.41) is 10.4. The smallest absolute Gasteiger partial charge is 0.312 e. The number of nitro groups is 1. The maximum absolute atomic E-state index is 13.0. The van der Waals surface area contributed by atoms with Gasteiger partial charge in [-0.25, -0.2) is 0 Å². The third kappa shape index (κ3) is 2.17. The van der Waals surface area contributed by atoms with Gasteiger partial charge in [-0.3, -0.25) is 14.9 Å². The number of aryl methyl sites for hydroxylation is 1. The highest BCUT2D eigenvalue weighted by atomic mass is 19.4. The Kier molecular flexibility index (Phi) is 3.15. The maximum atomic E-state index is 13.0. The molecule has 0 aliphatic rings. The lowest BCUT2D eigenvalue weighted by atomic mass is 10.1. The maximum Gasteiger partial charge on any atom is 0.458 e. The van der Waals surface area contributed by atoms with Gasteiger partial charge in [0.05, 0.1) is 10.5 Å². The summed E-state index contributed by atoms with van der Waals surface area (Å²) >= 11 is 0. The van der Waals surface area contributed by atoms with Crippen molar-refractivity contribution >= 4 is 5.69 Å². The van der Waals surface area contributed by atoms with Crippen molar-refractivity contribution in [3.05, 3.63) is 38.3 Å². The molecule has 0 aromatic carbocycles. The lowest BCUT2D eigenvalue weighted by molar-refractivity contribution is -0.386. The highest BCUT2D eigenvalue weighted by molar-refractivity contribution is 5.33. The Morgan fingerprint density at radius 2 is 1.78 bits per heavy atom. The van der Waals surface area contributed by atoms with Gasteiger partial charge in [0, 0.05) is 19.3 Å². The van der Waals surface area contributed by atoms with Gasteiger partial charge < -0.3 is 4.57 Å². The van der Waals surface area contributed by atoms with Crippen molar-refractivity contribution < 1.29 is 26.9 Å². The largest absolute Gasteiger partial charge is 0.458 e. The first kappa shape index (κ1) is 14.1. The molecule has 0 spiro atoms. The fourth-order valence-corrected chi connectivity index (χ4v) is 1.16. The number of halogens is 5. The van der Waals surface area contributed by atoms with Crippen molar-refractivity contribution in [3.63, 3.8) is 0 Å². The van der Waals surface area contributed by atoms with E-state index in [1.165, 1.54) is 0 Å². The second-order valence-corrected chi connectivity index (χ2v) is 3.36. The fourth-order valence-electron chi connectivity index (χ4n) is 1.16. The molecule has 0 bridgehead atoms. The van der Waals surface area contributed by atoms with Gasteiger partial charge in [-0.15, -0.1) is 0 Å². The van der Waals surface area contributed by atoms with E-state index in [-0.39, 0.29) is 12.3 Å². The van der Waals surface area contributed by atoms with Crippen molar-refractivity contribution in [1.82, 2.24) is 4.57 Å². The summed E-state index contributed by atoms with van der Waals surface area (Å²) in [6, 6.07) is -0.0736. The van der Waals surface area contributed by atoms with Gasteiger partial charge >= 0.3 is 23.3 Å². The molecule has 0 saturated heterocycles. The van der Waals surface area contributed by atoms with Crippen LogP contribution in [-0.2, 0) is 13.0 Å². The van der Waals surface area contributed by atoms with Crippen LogP contribution in [0, 0.1) is 10.1 Å². The zero-order chi connectivity index (χ0) is 14.3. The van der Waals surface area contributed by atoms with E-state index in [2.05, 4.69) is 0 Å². The minimum atomic E-state index is -5.90. The summed E-state index contributed by atoms with van der Waals surface area (Å²) in [7, 11) is 0.839. The normalized spacial score (nSPS) is 12.6. The topological polar surface area (TPSA) is 65.1 Å². The minimum Gasteiger partial charge on any atom is -0.312 e. The summed E-state index contributed by atoms with van der Waals surface area (Å²) in [5.41, 5.74) is -4.29. The highest BCUT2D eigenvalue weighted by Crippen LogP contribution is 2.43. The number of rotatable bonds is 2. The Balaban J connectivity index is 3.55. The molecule has 18 heavy (non-hydrogen) atoms. The molecule has 0 radical (unpaired) electrons. The quantitative estimate of drug-likeness (QED) is 0.469. The molecule has 0 aliphatic carbocycles. The molecule has 10 heteroatoms. The van der Waals surface area contributed by atoms with Crippen molar-refractivity contribution in [1.29, 1.82) is 0 Å². The van der Waals surface area contributed by atoms with Crippen molar-refractivity contribution in [2.75, 3.05) is 0 Å². The molecule has 1 aromatic rings. The summed E-state index contributed by atoms with van der Waals surface area (Å²) < 4.78 is 62.4. The molecule has 5 nitrogen and oxygen atoms in total. The first-order chi connectivity index (χ1) is 7.98. The van der Waals surface area contributed by atoms with Gasteiger partial charge in [0.2, 0.25) is 0 Å². The second-order valence-electron chi connectivity index (χ2n) is 3.36. The van der Waals surface area contributed by atoms with Crippen LogP contribution in [0.2, 0.25) is 0 Å². The molecule has 0 aliphatic heterocycles. The van der Waals surface area contributed by atoms with Crippen LogP contribution in [-0.4, -0.2) is 15.7 Å². The Morgan fingerprint density at radius 3 is 2.17 bits per heavy atom. The van der Waals surface area contributed by atoms with Crippen LogP contribution in [0.25, 0.3) is 0 Å². The SMILES string of the molecule is Cn1cc(C(F)(F)C(F)(F)F)cc([N+](=O)[O-])c1=O. The zero-order valence-electron chi connectivity index (χ0n) is 8.66. The minimum absolute atomic E-state index is 0.0736. The predicted molar refractivity (Wildman–Crippen MR) is 48.3 cm³/mol. The van der Waals surface area contributed by atoms with E-state index in [1.807, 2.05) is 0 Å². The van der Waals surface area contributed by atoms with Crippen LogP contribution in [0.4, 0.5) is 27.6 Å². The van der Waals surface area contributed by atoms with Gasteiger partial charge in [-0.05, 0) is 0 Å². The second kappa shape index (κ2) is 4.03. The third-order valence-corrected chi connectivity index (χ3v) is 2.08. The number of hydrogen-bond acceptors (Lipinski definition) is 3. The molecule has 0 fully saturated rings. The first-order valence-corrected chi connectivity index (χ1v) is 4.28. The Hall–Kier alpha value is -2.00. The monoisotopic (exact) mass is 272 g/mol. The van der Waals surface area contributed by atoms with Crippen LogP contribution < -0.4 is 5.56 Å². The number of hydrogen-bond donors (Lipinski definition) is 0. The Labute approximate surface area is 95.6 Å². The molecular weight excluding hydrogens is 267 g/mol. The Bertz CT molecular complexity index is 549. The molecule has 0 saturated carbocycles. The molecular formula is C8H5F5N2O3. The van der Waals surface area contributed by atoms with E-state index < -0.39 is 33.8 Å². The third-order valence-electron chi connectivity index (χ3n) is 2.08. The summed E-state index contributed by atoms with van der Waals surface area (Å²) in [4.78, 5) is 20.2. The molecule has 1 rings (SSSR count). The van der Waals surface area contributed by atoms with Crippen molar-refractivity contribution in [2.45, 2.75) is 12.1 Å². The van der Waals surface area contributed by atoms with Crippen LogP contribution in [0.5, 0.6) is 0 Å². The number of alkyl halides is 5. The van der Waals surface area contributed by atoms with Crippen LogP contribution in [0.1, 0.15) is 5.56 Å². The Morgan fingerprint density at radius 1 is 1.28 bits per heavy atom. The molecule has 1 heterocycles. The molecule has 1 aromatic heterocycles. The van der Waals surface area contributed by atoms with E-state index in [4.69, 9.17) is 0 Å². The lowest BCUT2D eigenvalue weighted by Gasteiger charge is -2.19. The van der Waals surface area contributed by atoms with Gasteiger partial charge in [0.15, 0.2) is 0 Å². The molecule has 0 amide bonds. The summed E-state index contributed by atoms with van der Waals surface area (Å²) in [5.74, 6) is -5.27. The van der Waals surface area contributed by atoms with Gasteiger partial charge in [-0.1, -0.05) is 0 Å². The average molecular weight is 272 g/mol. The van der Waals surface area contributed by atoms with E-state index in [0.29, 0.717) is 4.57 Å². The average Bonchev–Trinajstić information content (AvgIpc) is 2.19.